The Morgan fingerprint density at radius 2 is 2.20 bits per heavy atom. The van der Waals surface area contributed by atoms with Crippen molar-refractivity contribution in [3.63, 3.8) is 0 Å². The average molecular weight is 273 g/mol. The number of rotatable bonds is 4. The molecule has 0 aromatic heterocycles. The van der Waals surface area contributed by atoms with Crippen LogP contribution < -0.4 is 11.1 Å². The maximum absolute atomic E-state index is 5.99. The molecule has 0 radical (unpaired) electrons. The van der Waals surface area contributed by atoms with Gasteiger partial charge in [-0.2, -0.15) is 0 Å². The molecule has 20 heavy (non-hydrogen) atoms. The fraction of sp³-hybridized carbons (Fsp3) is 0.588. The van der Waals surface area contributed by atoms with Crippen molar-refractivity contribution in [3.8, 4) is 0 Å². The van der Waals surface area contributed by atoms with Gasteiger partial charge in [-0.3, -0.25) is 4.99 Å². The summed E-state index contributed by atoms with van der Waals surface area (Å²) in [6, 6.07) is 9.14. The molecule has 0 fully saturated rings. The van der Waals surface area contributed by atoms with Crippen LogP contribution in [-0.2, 0) is 11.8 Å². The topological polar surface area (TPSA) is 50.4 Å². The Labute approximate surface area is 122 Å². The number of fused-ring (bicyclic) bond motifs is 1. The van der Waals surface area contributed by atoms with Crippen molar-refractivity contribution in [2.75, 3.05) is 6.54 Å². The van der Waals surface area contributed by atoms with Gasteiger partial charge in [0.05, 0.1) is 6.54 Å². The minimum absolute atomic E-state index is 0.122. The third-order valence-electron chi connectivity index (χ3n) is 4.45. The minimum Gasteiger partial charge on any atom is -0.370 e. The van der Waals surface area contributed by atoms with Crippen molar-refractivity contribution in [1.29, 1.82) is 0 Å². The molecule has 1 aromatic carbocycles. The first-order valence-electron chi connectivity index (χ1n) is 7.70. The monoisotopic (exact) mass is 273 g/mol. The van der Waals surface area contributed by atoms with Gasteiger partial charge in [0.25, 0.3) is 0 Å². The summed E-state index contributed by atoms with van der Waals surface area (Å²) >= 11 is 0. The van der Waals surface area contributed by atoms with Crippen molar-refractivity contribution in [2.24, 2.45) is 10.7 Å². The zero-order valence-corrected chi connectivity index (χ0v) is 12.9. The molecule has 0 heterocycles. The zero-order chi connectivity index (χ0) is 14.6. The maximum atomic E-state index is 5.99. The summed E-state index contributed by atoms with van der Waals surface area (Å²) in [5.41, 5.74) is 9.03. The Balaban J connectivity index is 2.11. The molecule has 3 N–H and O–H groups in total. The van der Waals surface area contributed by atoms with Gasteiger partial charge in [0.15, 0.2) is 5.96 Å². The van der Waals surface area contributed by atoms with Crippen molar-refractivity contribution < 1.29 is 0 Å². The molecule has 110 valence electrons. The van der Waals surface area contributed by atoms with Gasteiger partial charge < -0.3 is 11.1 Å². The molecule has 3 nitrogen and oxygen atoms in total. The number of nitrogens with one attached hydrogen (secondary N) is 1. The van der Waals surface area contributed by atoms with Crippen LogP contribution in [0.25, 0.3) is 0 Å². The Bertz CT molecular complexity index is 481. The lowest BCUT2D eigenvalue weighted by Crippen LogP contribution is -2.39. The second-order valence-electron chi connectivity index (χ2n) is 6.23. The van der Waals surface area contributed by atoms with Crippen molar-refractivity contribution >= 4 is 5.96 Å². The van der Waals surface area contributed by atoms with Crippen LogP contribution in [0.2, 0.25) is 0 Å². The molecule has 0 saturated heterocycles. The quantitative estimate of drug-likeness (QED) is 0.654. The van der Waals surface area contributed by atoms with Gasteiger partial charge in [0.1, 0.15) is 0 Å². The van der Waals surface area contributed by atoms with Gasteiger partial charge in [-0.1, -0.05) is 38.1 Å². The van der Waals surface area contributed by atoms with Crippen LogP contribution in [0.15, 0.2) is 29.3 Å². The number of nitrogens with two attached hydrogens (primary N) is 1. The van der Waals surface area contributed by atoms with E-state index in [1.165, 1.54) is 30.4 Å². The minimum atomic E-state index is 0.122. The Morgan fingerprint density at radius 1 is 1.45 bits per heavy atom. The fourth-order valence-corrected chi connectivity index (χ4v) is 2.95. The first-order chi connectivity index (χ1) is 9.55. The van der Waals surface area contributed by atoms with E-state index in [1.54, 1.807) is 0 Å². The molecule has 2 rings (SSSR count). The van der Waals surface area contributed by atoms with Crippen LogP contribution in [0.5, 0.6) is 0 Å². The van der Waals surface area contributed by atoms with Gasteiger partial charge in [0.2, 0.25) is 0 Å². The second kappa shape index (κ2) is 6.29. The highest BCUT2D eigenvalue weighted by atomic mass is 15.1. The number of guanidine groups is 1. The Kier molecular flexibility index (Phi) is 4.69. The molecular weight excluding hydrogens is 246 g/mol. The first-order valence-corrected chi connectivity index (χ1v) is 7.70. The summed E-state index contributed by atoms with van der Waals surface area (Å²) in [5.74, 6) is 0.573. The number of hydrogen-bond donors (Lipinski definition) is 2. The van der Waals surface area contributed by atoms with E-state index < -0.39 is 0 Å². The number of hydrogen-bond acceptors (Lipinski definition) is 1. The molecule has 1 aromatic rings. The highest BCUT2D eigenvalue weighted by Crippen LogP contribution is 2.37. The van der Waals surface area contributed by atoms with E-state index in [2.05, 4.69) is 55.3 Å². The Hall–Kier alpha value is -1.51. The van der Waals surface area contributed by atoms with E-state index in [0.717, 1.165) is 13.0 Å². The highest BCUT2D eigenvalue weighted by Gasteiger charge is 2.31. The number of aliphatic imine (C=N–C) groups is 1. The number of aryl methyl sites for hydroxylation is 1. The van der Waals surface area contributed by atoms with Crippen LogP contribution in [0.4, 0.5) is 0 Å². The lowest BCUT2D eigenvalue weighted by atomic mass is 9.71. The molecule has 0 spiro atoms. The lowest BCUT2D eigenvalue weighted by molar-refractivity contribution is 0.404. The van der Waals surface area contributed by atoms with Gasteiger partial charge in [0, 0.05) is 11.5 Å². The highest BCUT2D eigenvalue weighted by molar-refractivity contribution is 5.78. The predicted octanol–water partition coefficient (Wildman–Crippen LogP) is 2.98. The van der Waals surface area contributed by atoms with Crippen LogP contribution in [-0.4, -0.2) is 18.5 Å². The number of benzene rings is 1. The molecule has 0 amide bonds. The molecule has 1 aliphatic rings. The van der Waals surface area contributed by atoms with E-state index >= 15 is 0 Å². The van der Waals surface area contributed by atoms with Crippen molar-refractivity contribution in [2.45, 2.75) is 57.9 Å². The molecule has 1 aliphatic carbocycles. The van der Waals surface area contributed by atoms with Gasteiger partial charge in [-0.05, 0) is 43.7 Å². The Morgan fingerprint density at radius 3 is 2.95 bits per heavy atom. The number of nitrogens with zero attached hydrogens (tertiary/aromatic N) is 1. The molecule has 0 aliphatic heterocycles. The summed E-state index contributed by atoms with van der Waals surface area (Å²) < 4.78 is 0. The SMILES string of the molecule is CCC(C)NC(N)=NCC1(C)CCCc2ccccc21. The summed E-state index contributed by atoms with van der Waals surface area (Å²) in [6.45, 7) is 7.34. The summed E-state index contributed by atoms with van der Waals surface area (Å²) in [6.07, 6.45) is 4.66. The van der Waals surface area contributed by atoms with Gasteiger partial charge >= 0.3 is 0 Å². The van der Waals surface area contributed by atoms with E-state index in [1.807, 2.05) is 0 Å². The summed E-state index contributed by atoms with van der Waals surface area (Å²) in [5, 5.41) is 3.24. The average Bonchev–Trinajstić information content (AvgIpc) is 2.46. The third-order valence-corrected chi connectivity index (χ3v) is 4.45. The van der Waals surface area contributed by atoms with E-state index in [-0.39, 0.29) is 5.41 Å². The van der Waals surface area contributed by atoms with Gasteiger partial charge in [-0.15, -0.1) is 0 Å². The van der Waals surface area contributed by atoms with E-state index in [0.29, 0.717) is 12.0 Å². The largest absolute Gasteiger partial charge is 0.370 e. The molecule has 2 unspecified atom stereocenters. The fourth-order valence-electron chi connectivity index (χ4n) is 2.95. The standard InChI is InChI=1S/C17H27N3/c1-4-13(2)20-16(18)19-12-17(3)11-7-9-14-8-5-6-10-15(14)17/h5-6,8,10,13H,4,7,9,11-12H2,1-3H3,(H3,18,19,20). The predicted molar refractivity (Wildman–Crippen MR) is 86.1 cm³/mol. The molecular formula is C17H27N3. The maximum Gasteiger partial charge on any atom is 0.188 e. The molecule has 2 atom stereocenters. The van der Waals surface area contributed by atoms with Crippen molar-refractivity contribution in [1.82, 2.24) is 5.32 Å². The summed E-state index contributed by atoms with van der Waals surface area (Å²) in [4.78, 5) is 4.59. The molecule has 3 heteroatoms. The summed E-state index contributed by atoms with van der Waals surface area (Å²) in [7, 11) is 0. The van der Waals surface area contributed by atoms with E-state index in [9.17, 15) is 0 Å². The first kappa shape index (κ1) is 14.9. The van der Waals surface area contributed by atoms with E-state index in [4.69, 9.17) is 5.73 Å². The van der Waals surface area contributed by atoms with Crippen LogP contribution >= 0.6 is 0 Å². The van der Waals surface area contributed by atoms with Crippen molar-refractivity contribution in [3.05, 3.63) is 35.4 Å². The third kappa shape index (κ3) is 3.33. The second-order valence-corrected chi connectivity index (χ2v) is 6.23. The molecule has 0 bridgehead atoms. The van der Waals surface area contributed by atoms with Crippen LogP contribution in [0.3, 0.4) is 0 Å². The lowest BCUT2D eigenvalue weighted by Gasteiger charge is -2.35. The van der Waals surface area contributed by atoms with Gasteiger partial charge in [-0.25, -0.2) is 0 Å². The van der Waals surface area contributed by atoms with Crippen LogP contribution in [0.1, 0.15) is 51.2 Å². The smallest absolute Gasteiger partial charge is 0.188 e. The molecule has 0 saturated carbocycles. The normalized spacial score (nSPS) is 24.1. The van der Waals surface area contributed by atoms with Crippen LogP contribution in [0, 0.1) is 0 Å². The zero-order valence-electron chi connectivity index (χ0n) is 12.9.